The number of nitrogens with zero attached hydrogens (tertiary/aromatic N) is 1. The molecule has 0 aromatic heterocycles. The molecule has 1 saturated heterocycles. The molecule has 0 aliphatic carbocycles. The van der Waals surface area contributed by atoms with Crippen LogP contribution in [0.3, 0.4) is 0 Å². The van der Waals surface area contributed by atoms with E-state index in [1.165, 1.54) is 5.56 Å². The summed E-state index contributed by atoms with van der Waals surface area (Å²) in [7, 11) is 0. The minimum atomic E-state index is 0.283. The van der Waals surface area contributed by atoms with E-state index >= 15 is 0 Å². The highest BCUT2D eigenvalue weighted by atomic mass is 15.2. The normalized spacial score (nSPS) is 26.0. The number of hydrogen-bond donors (Lipinski definition) is 1. The van der Waals surface area contributed by atoms with Crippen molar-refractivity contribution in [2.75, 3.05) is 13.1 Å². The zero-order chi connectivity index (χ0) is 12.5. The van der Waals surface area contributed by atoms with Crippen LogP contribution >= 0.6 is 0 Å². The summed E-state index contributed by atoms with van der Waals surface area (Å²) in [4.78, 5) is 2.53. The van der Waals surface area contributed by atoms with Gasteiger partial charge in [0, 0.05) is 25.7 Å². The Balaban J connectivity index is 2.02. The third kappa shape index (κ3) is 2.88. The summed E-state index contributed by atoms with van der Waals surface area (Å²) >= 11 is 0. The summed E-state index contributed by atoms with van der Waals surface area (Å²) < 4.78 is 0. The molecule has 2 heteroatoms. The van der Waals surface area contributed by atoms with Crippen LogP contribution < -0.4 is 5.73 Å². The van der Waals surface area contributed by atoms with Crippen molar-refractivity contribution in [2.24, 2.45) is 17.1 Å². The highest BCUT2D eigenvalue weighted by Gasteiger charge is 2.40. The van der Waals surface area contributed by atoms with Crippen molar-refractivity contribution >= 4 is 0 Å². The van der Waals surface area contributed by atoms with Crippen LogP contribution in [0.1, 0.15) is 26.3 Å². The standard InChI is InChI=1S/C15H24N2/c1-12(16)14-10-17(11-15(14,2)3)9-13-7-5-4-6-8-13/h4-8,12,14H,9-11,16H2,1-3H3. The SMILES string of the molecule is CC(N)C1CN(Cc2ccccc2)CC1(C)C. The second-order valence-corrected chi connectivity index (χ2v) is 6.11. The zero-order valence-corrected chi connectivity index (χ0v) is 11.2. The van der Waals surface area contributed by atoms with Crippen LogP contribution in [0.15, 0.2) is 30.3 Å². The van der Waals surface area contributed by atoms with Gasteiger partial charge < -0.3 is 5.73 Å². The summed E-state index contributed by atoms with van der Waals surface area (Å²) in [6.45, 7) is 10.1. The molecule has 0 saturated carbocycles. The van der Waals surface area contributed by atoms with Gasteiger partial charge in [-0.2, -0.15) is 0 Å². The van der Waals surface area contributed by atoms with Gasteiger partial charge >= 0.3 is 0 Å². The lowest BCUT2D eigenvalue weighted by Gasteiger charge is -2.28. The van der Waals surface area contributed by atoms with Crippen LogP contribution in [0.4, 0.5) is 0 Å². The van der Waals surface area contributed by atoms with E-state index in [4.69, 9.17) is 5.73 Å². The molecule has 94 valence electrons. The lowest BCUT2D eigenvalue weighted by atomic mass is 9.78. The zero-order valence-electron chi connectivity index (χ0n) is 11.2. The second-order valence-electron chi connectivity index (χ2n) is 6.11. The minimum absolute atomic E-state index is 0.283. The average Bonchev–Trinajstić information content (AvgIpc) is 2.55. The predicted octanol–water partition coefficient (Wildman–Crippen LogP) is 2.49. The third-order valence-corrected chi connectivity index (χ3v) is 3.97. The largest absolute Gasteiger partial charge is 0.328 e. The molecule has 2 nitrogen and oxygen atoms in total. The molecule has 1 aliphatic rings. The van der Waals surface area contributed by atoms with E-state index in [1.807, 2.05) is 0 Å². The summed E-state index contributed by atoms with van der Waals surface area (Å²) in [5.74, 6) is 0.603. The fourth-order valence-electron chi connectivity index (χ4n) is 3.12. The summed E-state index contributed by atoms with van der Waals surface area (Å²) in [5.41, 5.74) is 7.84. The molecule has 2 N–H and O–H groups in total. The van der Waals surface area contributed by atoms with Crippen LogP contribution in [-0.4, -0.2) is 24.0 Å². The Kier molecular flexibility index (Phi) is 3.55. The van der Waals surface area contributed by atoms with E-state index in [1.54, 1.807) is 0 Å². The molecule has 0 amide bonds. The number of likely N-dealkylation sites (tertiary alicyclic amines) is 1. The van der Waals surface area contributed by atoms with Gasteiger partial charge in [-0.25, -0.2) is 0 Å². The van der Waals surface area contributed by atoms with Gasteiger partial charge in [-0.15, -0.1) is 0 Å². The Bertz CT molecular complexity index is 356. The lowest BCUT2D eigenvalue weighted by molar-refractivity contribution is 0.250. The maximum absolute atomic E-state index is 6.10. The van der Waals surface area contributed by atoms with Gasteiger partial charge in [0.15, 0.2) is 0 Å². The summed E-state index contributed by atoms with van der Waals surface area (Å²) in [6, 6.07) is 11.0. The van der Waals surface area contributed by atoms with E-state index in [2.05, 4.69) is 56.0 Å². The topological polar surface area (TPSA) is 29.3 Å². The molecule has 1 heterocycles. The minimum Gasteiger partial charge on any atom is -0.328 e. The lowest BCUT2D eigenvalue weighted by Crippen LogP contribution is -2.36. The van der Waals surface area contributed by atoms with E-state index in [9.17, 15) is 0 Å². The van der Waals surface area contributed by atoms with Crippen molar-refractivity contribution < 1.29 is 0 Å². The van der Waals surface area contributed by atoms with Crippen LogP contribution in [0.25, 0.3) is 0 Å². The van der Waals surface area contributed by atoms with E-state index in [0.717, 1.165) is 19.6 Å². The molecule has 17 heavy (non-hydrogen) atoms. The molecule has 2 atom stereocenters. The highest BCUT2D eigenvalue weighted by molar-refractivity contribution is 5.15. The number of hydrogen-bond acceptors (Lipinski definition) is 2. The van der Waals surface area contributed by atoms with Crippen LogP contribution in [0.5, 0.6) is 0 Å². The van der Waals surface area contributed by atoms with Crippen molar-refractivity contribution in [1.29, 1.82) is 0 Å². The number of rotatable bonds is 3. The molecule has 1 fully saturated rings. The maximum atomic E-state index is 6.10. The van der Waals surface area contributed by atoms with Crippen molar-refractivity contribution in [3.63, 3.8) is 0 Å². The van der Waals surface area contributed by atoms with Crippen LogP contribution in [0.2, 0.25) is 0 Å². The molecule has 0 radical (unpaired) electrons. The average molecular weight is 232 g/mol. The Morgan fingerprint density at radius 3 is 2.53 bits per heavy atom. The van der Waals surface area contributed by atoms with E-state index < -0.39 is 0 Å². The number of benzene rings is 1. The van der Waals surface area contributed by atoms with Crippen molar-refractivity contribution in [3.8, 4) is 0 Å². The molecule has 2 unspecified atom stereocenters. The van der Waals surface area contributed by atoms with Gasteiger partial charge in [0.25, 0.3) is 0 Å². The fraction of sp³-hybridized carbons (Fsp3) is 0.600. The smallest absolute Gasteiger partial charge is 0.0234 e. The Hall–Kier alpha value is -0.860. The molecular formula is C15H24N2. The number of nitrogens with two attached hydrogens (primary N) is 1. The molecule has 1 aromatic carbocycles. The third-order valence-electron chi connectivity index (χ3n) is 3.97. The van der Waals surface area contributed by atoms with E-state index in [0.29, 0.717) is 11.3 Å². The predicted molar refractivity (Wildman–Crippen MR) is 72.6 cm³/mol. The Labute approximate surface area is 105 Å². The summed E-state index contributed by atoms with van der Waals surface area (Å²) in [6.07, 6.45) is 0. The first-order valence-electron chi connectivity index (χ1n) is 6.51. The van der Waals surface area contributed by atoms with Crippen molar-refractivity contribution in [1.82, 2.24) is 4.90 Å². The first kappa shape index (κ1) is 12.6. The first-order chi connectivity index (χ1) is 7.99. The molecule has 0 spiro atoms. The van der Waals surface area contributed by atoms with Crippen molar-refractivity contribution in [2.45, 2.75) is 33.4 Å². The quantitative estimate of drug-likeness (QED) is 0.867. The molecule has 2 rings (SSSR count). The monoisotopic (exact) mass is 232 g/mol. The van der Waals surface area contributed by atoms with Gasteiger partial charge in [0.1, 0.15) is 0 Å². The van der Waals surface area contributed by atoms with Crippen LogP contribution in [0, 0.1) is 11.3 Å². The van der Waals surface area contributed by atoms with Gasteiger partial charge in [-0.1, -0.05) is 44.2 Å². The van der Waals surface area contributed by atoms with Gasteiger partial charge in [-0.05, 0) is 23.8 Å². The molecular weight excluding hydrogens is 208 g/mol. The van der Waals surface area contributed by atoms with Gasteiger partial charge in [0.05, 0.1) is 0 Å². The second kappa shape index (κ2) is 4.79. The molecule has 1 aliphatic heterocycles. The Morgan fingerprint density at radius 1 is 1.35 bits per heavy atom. The molecule has 1 aromatic rings. The highest BCUT2D eigenvalue weighted by Crippen LogP contribution is 2.37. The summed E-state index contributed by atoms with van der Waals surface area (Å²) in [5, 5.41) is 0. The molecule has 0 bridgehead atoms. The first-order valence-corrected chi connectivity index (χ1v) is 6.51. The fourth-order valence-corrected chi connectivity index (χ4v) is 3.12. The Morgan fingerprint density at radius 2 is 2.00 bits per heavy atom. The maximum Gasteiger partial charge on any atom is 0.0234 e. The van der Waals surface area contributed by atoms with Crippen molar-refractivity contribution in [3.05, 3.63) is 35.9 Å². The van der Waals surface area contributed by atoms with E-state index in [-0.39, 0.29) is 6.04 Å². The van der Waals surface area contributed by atoms with Gasteiger partial charge in [-0.3, -0.25) is 4.90 Å². The van der Waals surface area contributed by atoms with Crippen LogP contribution in [-0.2, 0) is 6.54 Å². The van der Waals surface area contributed by atoms with Gasteiger partial charge in [0.2, 0.25) is 0 Å².